The predicted octanol–water partition coefficient (Wildman–Crippen LogP) is 0.989. The molecule has 2 rings (SSSR count). The zero-order chi connectivity index (χ0) is 10.9. The first-order chi connectivity index (χ1) is 7.09. The van der Waals surface area contributed by atoms with Gasteiger partial charge < -0.3 is 4.52 Å². The molecule has 0 aliphatic heterocycles. The quantitative estimate of drug-likeness (QED) is 0.824. The van der Waals surface area contributed by atoms with Gasteiger partial charge >= 0.3 is 0 Å². The van der Waals surface area contributed by atoms with Crippen LogP contribution in [0.2, 0.25) is 0 Å². The van der Waals surface area contributed by atoms with Crippen LogP contribution in [0.3, 0.4) is 0 Å². The Hall–Kier alpha value is -1.66. The highest BCUT2D eigenvalue weighted by Crippen LogP contribution is 2.24. The van der Waals surface area contributed by atoms with Crippen molar-refractivity contribution in [3.63, 3.8) is 0 Å². The Morgan fingerprint density at radius 3 is 2.47 bits per heavy atom. The fraction of sp³-hybridized carbons (Fsp3) is 0. The maximum atomic E-state index is 11.1. The third-order valence-corrected chi connectivity index (χ3v) is 2.72. The van der Waals surface area contributed by atoms with Crippen molar-refractivity contribution >= 4 is 10.0 Å². The van der Waals surface area contributed by atoms with E-state index in [1.165, 1.54) is 6.26 Å². The van der Waals surface area contributed by atoms with Crippen molar-refractivity contribution in [1.29, 1.82) is 0 Å². The van der Waals surface area contributed by atoms with E-state index in [0.29, 0.717) is 11.1 Å². The summed E-state index contributed by atoms with van der Waals surface area (Å²) in [6.45, 7) is 0. The van der Waals surface area contributed by atoms with Crippen LogP contribution in [0.25, 0.3) is 11.1 Å². The summed E-state index contributed by atoms with van der Waals surface area (Å²) in [4.78, 5) is 0. The van der Waals surface area contributed by atoms with E-state index < -0.39 is 10.0 Å². The Morgan fingerprint density at radius 2 is 1.87 bits per heavy atom. The van der Waals surface area contributed by atoms with E-state index in [9.17, 15) is 8.42 Å². The van der Waals surface area contributed by atoms with Gasteiger partial charge in [-0.05, 0) is 5.56 Å². The van der Waals surface area contributed by atoms with E-state index in [1.54, 1.807) is 24.3 Å². The van der Waals surface area contributed by atoms with Gasteiger partial charge in [0.2, 0.25) is 5.03 Å². The molecule has 0 saturated heterocycles. The lowest BCUT2D eigenvalue weighted by molar-refractivity contribution is 0.400. The van der Waals surface area contributed by atoms with E-state index in [2.05, 4.69) is 9.68 Å². The number of hydrogen-bond donors (Lipinski definition) is 1. The number of hydrogen-bond acceptors (Lipinski definition) is 4. The molecule has 0 atom stereocenters. The average Bonchev–Trinajstić information content (AvgIpc) is 2.67. The van der Waals surface area contributed by atoms with Crippen LogP contribution in [0, 0.1) is 0 Å². The highest BCUT2D eigenvalue weighted by atomic mass is 32.2. The molecule has 0 aliphatic carbocycles. The summed E-state index contributed by atoms with van der Waals surface area (Å²) < 4.78 is 26.9. The first-order valence-corrected chi connectivity index (χ1v) is 5.66. The summed E-state index contributed by atoms with van der Waals surface area (Å²) >= 11 is 0. The largest absolute Gasteiger partial charge is 0.363 e. The Kier molecular flexibility index (Phi) is 2.29. The summed E-state index contributed by atoms with van der Waals surface area (Å²) in [7, 11) is -3.84. The van der Waals surface area contributed by atoms with Gasteiger partial charge in [0.15, 0.2) is 0 Å². The highest BCUT2D eigenvalue weighted by molar-refractivity contribution is 7.89. The summed E-state index contributed by atoms with van der Waals surface area (Å²) in [5.41, 5.74) is 1.07. The monoisotopic (exact) mass is 224 g/mol. The van der Waals surface area contributed by atoms with Gasteiger partial charge in [-0.1, -0.05) is 35.5 Å². The van der Waals surface area contributed by atoms with Gasteiger partial charge in [-0.15, -0.1) is 0 Å². The van der Waals surface area contributed by atoms with Crippen LogP contribution in [0.15, 0.2) is 46.1 Å². The van der Waals surface area contributed by atoms with E-state index in [4.69, 9.17) is 5.14 Å². The van der Waals surface area contributed by atoms with Gasteiger partial charge in [-0.25, -0.2) is 13.6 Å². The minimum absolute atomic E-state index is 0.242. The van der Waals surface area contributed by atoms with Crippen molar-refractivity contribution < 1.29 is 12.9 Å². The molecule has 6 heteroatoms. The lowest BCUT2D eigenvalue weighted by Crippen LogP contribution is -2.13. The van der Waals surface area contributed by atoms with Crippen molar-refractivity contribution in [2.24, 2.45) is 5.14 Å². The standard InChI is InChI=1S/C9H8N2O3S/c10-15(12,13)9-8(6-14-11-9)7-4-2-1-3-5-7/h1-6H,(H2,10,12,13). The fourth-order valence-electron chi connectivity index (χ4n) is 1.24. The minimum atomic E-state index is -3.84. The summed E-state index contributed by atoms with van der Waals surface area (Å²) in [5, 5.41) is 8.12. The van der Waals surface area contributed by atoms with Gasteiger partial charge in [0.25, 0.3) is 10.0 Å². The molecule has 0 bridgehead atoms. The molecular formula is C9H8N2O3S. The van der Waals surface area contributed by atoms with E-state index in [0.717, 1.165) is 0 Å². The minimum Gasteiger partial charge on any atom is -0.363 e. The summed E-state index contributed by atoms with van der Waals surface area (Å²) in [6.07, 6.45) is 1.26. The molecule has 2 N–H and O–H groups in total. The van der Waals surface area contributed by atoms with E-state index >= 15 is 0 Å². The molecule has 1 aromatic heterocycles. The second kappa shape index (κ2) is 3.48. The van der Waals surface area contributed by atoms with Crippen LogP contribution in [-0.4, -0.2) is 13.6 Å². The lowest BCUT2D eigenvalue weighted by atomic mass is 10.1. The van der Waals surface area contributed by atoms with Crippen molar-refractivity contribution in [3.05, 3.63) is 36.6 Å². The molecule has 0 unspecified atom stereocenters. The first-order valence-electron chi connectivity index (χ1n) is 4.11. The molecule has 0 spiro atoms. The SMILES string of the molecule is NS(=O)(=O)c1nocc1-c1ccccc1. The number of nitrogens with zero attached hydrogens (tertiary/aromatic N) is 1. The third kappa shape index (κ3) is 1.90. The Balaban J connectivity index is 2.61. The molecule has 1 aromatic carbocycles. The van der Waals surface area contributed by atoms with Crippen LogP contribution < -0.4 is 5.14 Å². The molecule has 2 aromatic rings. The zero-order valence-electron chi connectivity index (χ0n) is 7.62. The number of rotatable bonds is 2. The maximum absolute atomic E-state index is 11.1. The normalized spacial score (nSPS) is 11.5. The van der Waals surface area contributed by atoms with Crippen molar-refractivity contribution in [1.82, 2.24) is 5.16 Å². The number of sulfonamides is 1. The molecule has 0 radical (unpaired) electrons. The molecule has 0 aliphatic rings. The molecule has 78 valence electrons. The molecule has 0 amide bonds. The van der Waals surface area contributed by atoms with Gasteiger partial charge in [-0.3, -0.25) is 0 Å². The molecule has 1 heterocycles. The molecule has 0 saturated carbocycles. The topological polar surface area (TPSA) is 86.2 Å². The van der Waals surface area contributed by atoms with Gasteiger partial charge in [0, 0.05) is 0 Å². The molecule has 15 heavy (non-hydrogen) atoms. The number of aromatic nitrogens is 1. The number of benzene rings is 1. The van der Waals surface area contributed by atoms with Crippen molar-refractivity contribution in [2.75, 3.05) is 0 Å². The number of nitrogens with two attached hydrogens (primary N) is 1. The van der Waals surface area contributed by atoms with Gasteiger partial charge in [0.05, 0.1) is 5.56 Å². The summed E-state index contributed by atoms with van der Waals surface area (Å²) in [5.74, 6) is 0. The smallest absolute Gasteiger partial charge is 0.259 e. The van der Waals surface area contributed by atoms with Crippen LogP contribution >= 0.6 is 0 Å². The zero-order valence-corrected chi connectivity index (χ0v) is 8.44. The molecular weight excluding hydrogens is 216 g/mol. The highest BCUT2D eigenvalue weighted by Gasteiger charge is 2.19. The van der Waals surface area contributed by atoms with E-state index in [1.807, 2.05) is 6.07 Å². The van der Waals surface area contributed by atoms with Gasteiger partial charge in [0.1, 0.15) is 6.26 Å². The Morgan fingerprint density at radius 1 is 1.20 bits per heavy atom. The van der Waals surface area contributed by atoms with Crippen LogP contribution in [0.5, 0.6) is 0 Å². The average molecular weight is 224 g/mol. The second-order valence-electron chi connectivity index (χ2n) is 2.94. The van der Waals surface area contributed by atoms with Crippen LogP contribution in [0.1, 0.15) is 0 Å². The van der Waals surface area contributed by atoms with Crippen molar-refractivity contribution in [2.45, 2.75) is 5.03 Å². The fourth-order valence-corrected chi connectivity index (χ4v) is 1.86. The molecule has 5 nitrogen and oxygen atoms in total. The predicted molar refractivity (Wildman–Crippen MR) is 53.3 cm³/mol. The third-order valence-electron chi connectivity index (χ3n) is 1.89. The van der Waals surface area contributed by atoms with Gasteiger partial charge in [-0.2, -0.15) is 0 Å². The van der Waals surface area contributed by atoms with Crippen LogP contribution in [-0.2, 0) is 10.0 Å². The molecule has 0 fully saturated rings. The maximum Gasteiger partial charge on any atom is 0.259 e. The number of primary sulfonamides is 1. The Labute approximate surface area is 86.6 Å². The Bertz CT molecular complexity index is 560. The second-order valence-corrected chi connectivity index (χ2v) is 4.42. The first kappa shape index (κ1) is 9.88. The van der Waals surface area contributed by atoms with Crippen LogP contribution in [0.4, 0.5) is 0 Å². The summed E-state index contributed by atoms with van der Waals surface area (Å²) in [6, 6.07) is 8.90. The van der Waals surface area contributed by atoms with E-state index in [-0.39, 0.29) is 5.03 Å². The lowest BCUT2D eigenvalue weighted by Gasteiger charge is -1.97. The van der Waals surface area contributed by atoms with Crippen molar-refractivity contribution in [3.8, 4) is 11.1 Å².